The van der Waals surface area contributed by atoms with Crippen LogP contribution in [-0.2, 0) is 11.3 Å². The second-order valence-electron chi connectivity index (χ2n) is 10.0. The van der Waals surface area contributed by atoms with Gasteiger partial charge in [0.2, 0.25) is 0 Å². The van der Waals surface area contributed by atoms with Crippen LogP contribution in [0.3, 0.4) is 0 Å². The van der Waals surface area contributed by atoms with Crippen molar-refractivity contribution in [2.75, 3.05) is 18.1 Å². The number of benzene rings is 1. The van der Waals surface area contributed by atoms with Crippen LogP contribution < -0.4 is 19.9 Å². The second-order valence-corrected chi connectivity index (χ2v) is 10.0. The third kappa shape index (κ3) is 4.84. The lowest BCUT2D eigenvalue weighted by atomic mass is 9.95. The van der Waals surface area contributed by atoms with Gasteiger partial charge in [-0.3, -0.25) is 20.6 Å². The molecule has 0 bridgehead atoms. The van der Waals surface area contributed by atoms with Crippen LogP contribution in [0.5, 0.6) is 11.5 Å². The van der Waals surface area contributed by atoms with E-state index in [0.29, 0.717) is 29.0 Å². The van der Waals surface area contributed by atoms with E-state index in [4.69, 9.17) is 19.4 Å². The standard InChI is InChI=1S/C27H28FN5O5/c1-15-17(6-5-9-29-15)18-10-22-25(32-24(18)30-14-31-35)33(26(34)38-27(2,3)4)11-19-20(28)7-8-21-23(19)16(12-36-21)13-37-22/h5-10,14,16,35H,11-13H2,1-4H3,(H,30,31,32)/t16-/m1/s1. The number of rotatable bonds is 3. The summed E-state index contributed by atoms with van der Waals surface area (Å²) in [5.74, 6) is 0.408. The van der Waals surface area contributed by atoms with Crippen molar-refractivity contribution in [2.24, 2.45) is 4.99 Å². The Morgan fingerprint density at radius 3 is 2.71 bits per heavy atom. The largest absolute Gasteiger partial charge is 0.493 e. The lowest BCUT2D eigenvalue weighted by Crippen LogP contribution is -2.37. The molecule has 2 aliphatic rings. The van der Waals surface area contributed by atoms with E-state index in [1.165, 1.54) is 11.0 Å². The van der Waals surface area contributed by atoms with Gasteiger partial charge in [-0.25, -0.2) is 19.2 Å². The number of nitrogens with one attached hydrogen (secondary N) is 1. The fourth-order valence-corrected chi connectivity index (χ4v) is 4.58. The number of carbonyl (C=O) groups is 1. The first kappa shape index (κ1) is 25.4. The SMILES string of the molecule is Cc1ncccc1-c1cc2c(nc1N=CNO)N(C(=O)OC(C)(C)C)Cc1c(F)ccc3c1[C@@H](CO2)CO3. The minimum Gasteiger partial charge on any atom is -0.493 e. The summed E-state index contributed by atoms with van der Waals surface area (Å²) >= 11 is 0. The molecule has 0 spiro atoms. The van der Waals surface area contributed by atoms with E-state index in [0.717, 1.165) is 17.6 Å². The van der Waals surface area contributed by atoms with Gasteiger partial charge in [-0.1, -0.05) is 6.07 Å². The summed E-state index contributed by atoms with van der Waals surface area (Å²) in [6, 6.07) is 8.28. The first-order valence-corrected chi connectivity index (χ1v) is 12.1. The van der Waals surface area contributed by atoms with Gasteiger partial charge in [-0.2, -0.15) is 0 Å². The monoisotopic (exact) mass is 521 g/mol. The van der Waals surface area contributed by atoms with Crippen LogP contribution in [0.15, 0.2) is 41.5 Å². The van der Waals surface area contributed by atoms with Gasteiger partial charge in [0.1, 0.15) is 23.5 Å². The number of hydroxylamine groups is 1. The zero-order chi connectivity index (χ0) is 27.0. The number of amides is 1. The van der Waals surface area contributed by atoms with Crippen molar-refractivity contribution < 1.29 is 28.6 Å². The van der Waals surface area contributed by atoms with Gasteiger partial charge in [-0.05, 0) is 52.0 Å². The highest BCUT2D eigenvalue weighted by Crippen LogP contribution is 2.44. The normalized spacial score (nSPS) is 16.5. The number of anilines is 1. The van der Waals surface area contributed by atoms with E-state index in [-0.39, 0.29) is 36.5 Å². The van der Waals surface area contributed by atoms with Gasteiger partial charge in [0, 0.05) is 34.1 Å². The van der Waals surface area contributed by atoms with Gasteiger partial charge in [0.05, 0.1) is 25.7 Å². The predicted octanol–water partition coefficient (Wildman–Crippen LogP) is 5.04. The molecule has 1 atom stereocenters. The van der Waals surface area contributed by atoms with Crippen LogP contribution in [0.25, 0.3) is 11.1 Å². The molecule has 0 aliphatic carbocycles. The van der Waals surface area contributed by atoms with Crippen LogP contribution in [-0.4, -0.2) is 46.4 Å². The highest BCUT2D eigenvalue weighted by Gasteiger charge is 2.36. The maximum Gasteiger partial charge on any atom is 0.416 e. The molecule has 4 heterocycles. The van der Waals surface area contributed by atoms with Crippen molar-refractivity contribution >= 4 is 24.1 Å². The van der Waals surface area contributed by atoms with Crippen LogP contribution in [0.4, 0.5) is 20.8 Å². The smallest absolute Gasteiger partial charge is 0.416 e. The molecule has 0 radical (unpaired) electrons. The third-order valence-corrected chi connectivity index (χ3v) is 6.22. The molecule has 0 saturated heterocycles. The molecular weight excluding hydrogens is 493 g/mol. The first-order valence-electron chi connectivity index (χ1n) is 12.1. The topological polar surface area (TPSA) is 118 Å². The van der Waals surface area contributed by atoms with Gasteiger partial charge >= 0.3 is 6.09 Å². The molecule has 3 aromatic rings. The van der Waals surface area contributed by atoms with Crippen molar-refractivity contribution in [3.05, 3.63) is 59.2 Å². The Bertz CT molecular complexity index is 1420. The molecule has 5 rings (SSSR count). The maximum atomic E-state index is 15.3. The van der Waals surface area contributed by atoms with Crippen molar-refractivity contribution in [2.45, 2.75) is 45.8 Å². The highest BCUT2D eigenvalue weighted by atomic mass is 19.1. The van der Waals surface area contributed by atoms with Crippen LogP contribution >= 0.6 is 0 Å². The molecule has 11 heteroatoms. The maximum absolute atomic E-state index is 15.3. The van der Waals surface area contributed by atoms with E-state index >= 15 is 4.39 Å². The van der Waals surface area contributed by atoms with Gasteiger partial charge in [0.25, 0.3) is 0 Å². The number of aliphatic imine (C=N–C) groups is 1. The Morgan fingerprint density at radius 2 is 2.00 bits per heavy atom. The number of halogens is 1. The van der Waals surface area contributed by atoms with E-state index in [2.05, 4.69) is 15.0 Å². The number of carbonyl (C=O) groups excluding carboxylic acids is 1. The van der Waals surface area contributed by atoms with E-state index in [1.807, 2.05) is 18.5 Å². The fourth-order valence-electron chi connectivity index (χ4n) is 4.58. The predicted molar refractivity (Wildman–Crippen MR) is 138 cm³/mol. The molecule has 0 unspecified atom stereocenters. The van der Waals surface area contributed by atoms with Crippen molar-refractivity contribution in [1.82, 2.24) is 15.4 Å². The van der Waals surface area contributed by atoms with Gasteiger partial charge in [-0.15, -0.1) is 0 Å². The quantitative estimate of drug-likeness (QED) is 0.280. The zero-order valence-corrected chi connectivity index (χ0v) is 21.5. The minimum atomic E-state index is -0.825. The second kappa shape index (κ2) is 9.90. The van der Waals surface area contributed by atoms with E-state index in [9.17, 15) is 4.79 Å². The van der Waals surface area contributed by atoms with Crippen LogP contribution in [0.2, 0.25) is 0 Å². The average molecular weight is 522 g/mol. The Labute approximate surface area is 219 Å². The zero-order valence-electron chi connectivity index (χ0n) is 21.5. The lowest BCUT2D eigenvalue weighted by molar-refractivity contribution is 0.0575. The van der Waals surface area contributed by atoms with Gasteiger partial charge < -0.3 is 14.2 Å². The molecule has 198 valence electrons. The number of ether oxygens (including phenoxy) is 3. The summed E-state index contributed by atoms with van der Waals surface area (Å²) in [5.41, 5.74) is 4.05. The number of hydrogen-bond donors (Lipinski definition) is 2. The molecule has 0 saturated carbocycles. The van der Waals surface area contributed by atoms with Gasteiger partial charge in [0.15, 0.2) is 17.4 Å². The summed E-state index contributed by atoms with van der Waals surface area (Å²) in [5, 5.41) is 9.17. The third-order valence-electron chi connectivity index (χ3n) is 6.22. The summed E-state index contributed by atoms with van der Waals surface area (Å²) in [4.78, 5) is 28.1. The summed E-state index contributed by atoms with van der Waals surface area (Å²) in [7, 11) is 0. The number of aromatic nitrogens is 2. The summed E-state index contributed by atoms with van der Waals surface area (Å²) in [6.45, 7) is 7.40. The van der Waals surface area contributed by atoms with Crippen LogP contribution in [0.1, 0.15) is 43.5 Å². The van der Waals surface area contributed by atoms with Crippen molar-refractivity contribution in [3.63, 3.8) is 0 Å². The molecular formula is C27H28FN5O5. The Morgan fingerprint density at radius 1 is 1.24 bits per heavy atom. The fraction of sp³-hybridized carbons (Fsp3) is 0.333. The van der Waals surface area contributed by atoms with Crippen molar-refractivity contribution in [3.8, 4) is 22.6 Å². The number of aryl methyl sites for hydroxylation is 1. The number of nitrogens with zero attached hydrogens (tertiary/aromatic N) is 4. The molecule has 1 aromatic carbocycles. The van der Waals surface area contributed by atoms with Crippen molar-refractivity contribution in [1.29, 1.82) is 0 Å². The average Bonchev–Trinajstić information content (AvgIpc) is 3.30. The molecule has 2 aromatic heterocycles. The molecule has 38 heavy (non-hydrogen) atoms. The Balaban J connectivity index is 1.74. The Kier molecular flexibility index (Phi) is 6.62. The molecule has 2 N–H and O–H groups in total. The number of hydrogen-bond acceptors (Lipinski definition) is 8. The van der Waals surface area contributed by atoms with E-state index < -0.39 is 17.5 Å². The lowest BCUT2D eigenvalue weighted by Gasteiger charge is -2.28. The van der Waals surface area contributed by atoms with Crippen LogP contribution in [0, 0.1) is 12.7 Å². The Hall–Kier alpha value is -4.25. The highest BCUT2D eigenvalue weighted by molar-refractivity contribution is 5.91. The summed E-state index contributed by atoms with van der Waals surface area (Å²) < 4.78 is 33.0. The molecule has 1 amide bonds. The summed E-state index contributed by atoms with van der Waals surface area (Å²) in [6.07, 6.45) is 2.00. The minimum absolute atomic E-state index is 0.104. The van der Waals surface area contributed by atoms with E-state index in [1.54, 1.807) is 45.2 Å². The molecule has 10 nitrogen and oxygen atoms in total. The number of pyridine rings is 2. The molecule has 2 aliphatic heterocycles. The molecule has 0 fully saturated rings. The first-order chi connectivity index (χ1) is 18.2. The number of fused-ring (bicyclic) bond motifs is 1.